The molecule has 1 saturated heterocycles. The van der Waals surface area contributed by atoms with Crippen LogP contribution in [0.1, 0.15) is 63.4 Å². The van der Waals surface area contributed by atoms with Crippen LogP contribution in [-0.2, 0) is 4.79 Å². The summed E-state index contributed by atoms with van der Waals surface area (Å²) in [5, 5.41) is 3.01. The Bertz CT molecular complexity index is 520. The predicted molar refractivity (Wildman–Crippen MR) is 95.7 cm³/mol. The van der Waals surface area contributed by atoms with Gasteiger partial charge in [0.2, 0.25) is 5.91 Å². The summed E-state index contributed by atoms with van der Waals surface area (Å²) in [5.41, 5.74) is 2.20. The zero-order chi connectivity index (χ0) is 16.1. The van der Waals surface area contributed by atoms with E-state index in [0.29, 0.717) is 0 Å². The average molecular weight is 314 g/mol. The third-order valence-electron chi connectivity index (χ3n) is 5.55. The topological polar surface area (TPSA) is 32.3 Å². The van der Waals surface area contributed by atoms with Crippen molar-refractivity contribution in [2.75, 3.05) is 25.0 Å². The van der Waals surface area contributed by atoms with E-state index in [-0.39, 0.29) is 11.8 Å². The van der Waals surface area contributed by atoms with Gasteiger partial charge in [-0.2, -0.15) is 0 Å². The largest absolute Gasteiger partial charge is 0.325 e. The van der Waals surface area contributed by atoms with Crippen LogP contribution >= 0.6 is 0 Å². The van der Waals surface area contributed by atoms with E-state index < -0.39 is 0 Å². The Morgan fingerprint density at radius 2 is 1.91 bits per heavy atom. The monoisotopic (exact) mass is 314 g/mol. The Morgan fingerprint density at radius 3 is 2.70 bits per heavy atom. The van der Waals surface area contributed by atoms with Crippen molar-refractivity contribution >= 4 is 11.6 Å². The zero-order valence-electron chi connectivity index (χ0n) is 14.4. The van der Waals surface area contributed by atoms with Crippen molar-refractivity contribution in [1.82, 2.24) is 4.90 Å². The summed E-state index contributed by atoms with van der Waals surface area (Å²) in [6.45, 7) is 5.93. The lowest BCUT2D eigenvalue weighted by molar-refractivity contribution is -0.117. The van der Waals surface area contributed by atoms with Crippen molar-refractivity contribution in [1.29, 1.82) is 0 Å². The van der Waals surface area contributed by atoms with Crippen molar-refractivity contribution in [3.05, 3.63) is 29.8 Å². The lowest BCUT2D eigenvalue weighted by Crippen LogP contribution is -2.34. The molecule has 3 nitrogen and oxygen atoms in total. The number of benzene rings is 1. The number of unbranched alkanes of at least 4 members (excludes halogenated alkanes) is 1. The molecule has 2 aliphatic heterocycles. The van der Waals surface area contributed by atoms with Crippen LogP contribution in [0, 0.1) is 5.92 Å². The third-order valence-corrected chi connectivity index (χ3v) is 5.55. The first-order valence-corrected chi connectivity index (χ1v) is 9.40. The molecule has 0 aliphatic carbocycles. The number of amides is 1. The molecule has 1 fully saturated rings. The smallest absolute Gasteiger partial charge is 0.232 e. The summed E-state index contributed by atoms with van der Waals surface area (Å²) in [7, 11) is 0. The molecule has 126 valence electrons. The van der Waals surface area contributed by atoms with Gasteiger partial charge in [0.15, 0.2) is 0 Å². The summed E-state index contributed by atoms with van der Waals surface area (Å²) < 4.78 is 0. The fourth-order valence-electron chi connectivity index (χ4n) is 4.07. The number of carbonyl (C=O) groups is 1. The minimum absolute atomic E-state index is 0.0632. The zero-order valence-corrected chi connectivity index (χ0v) is 14.4. The summed E-state index contributed by atoms with van der Waals surface area (Å²) in [6, 6.07) is 8.13. The van der Waals surface area contributed by atoms with Crippen LogP contribution in [0.5, 0.6) is 0 Å². The molecule has 0 bridgehead atoms. The highest BCUT2D eigenvalue weighted by Crippen LogP contribution is 2.35. The van der Waals surface area contributed by atoms with Crippen LogP contribution in [0.4, 0.5) is 5.69 Å². The Labute approximate surface area is 140 Å². The van der Waals surface area contributed by atoms with Crippen LogP contribution in [-0.4, -0.2) is 30.4 Å². The molecule has 1 aromatic rings. The van der Waals surface area contributed by atoms with Crippen molar-refractivity contribution in [3.8, 4) is 0 Å². The fraction of sp³-hybridized carbons (Fsp3) is 0.650. The number of nitrogens with zero attached hydrogens (tertiary/aromatic N) is 1. The molecule has 1 atom stereocenters. The molecular weight excluding hydrogens is 284 g/mol. The Morgan fingerprint density at radius 1 is 1.13 bits per heavy atom. The molecular formula is C20H30N2O. The molecule has 1 unspecified atom stereocenters. The third kappa shape index (κ3) is 4.14. The first-order valence-electron chi connectivity index (χ1n) is 9.40. The lowest BCUT2D eigenvalue weighted by atomic mass is 9.91. The molecule has 3 heteroatoms. The van der Waals surface area contributed by atoms with Gasteiger partial charge in [-0.1, -0.05) is 44.4 Å². The average Bonchev–Trinajstić information content (AvgIpc) is 2.90. The van der Waals surface area contributed by atoms with Gasteiger partial charge >= 0.3 is 0 Å². The molecule has 3 rings (SSSR count). The van der Waals surface area contributed by atoms with Crippen molar-refractivity contribution in [3.63, 3.8) is 0 Å². The number of rotatable bonds is 7. The van der Waals surface area contributed by atoms with E-state index in [1.54, 1.807) is 0 Å². The van der Waals surface area contributed by atoms with Crippen LogP contribution in [0.15, 0.2) is 24.3 Å². The van der Waals surface area contributed by atoms with Gasteiger partial charge in [0, 0.05) is 5.69 Å². The summed E-state index contributed by atoms with van der Waals surface area (Å²) in [5.74, 6) is 1.21. The van der Waals surface area contributed by atoms with Crippen molar-refractivity contribution in [2.24, 2.45) is 5.92 Å². The number of para-hydroxylation sites is 1. The van der Waals surface area contributed by atoms with E-state index in [4.69, 9.17) is 0 Å². The van der Waals surface area contributed by atoms with Gasteiger partial charge < -0.3 is 10.2 Å². The minimum atomic E-state index is 0.0632. The molecule has 0 radical (unpaired) electrons. The molecule has 0 spiro atoms. The molecule has 0 aromatic heterocycles. The molecule has 2 aliphatic rings. The number of anilines is 1. The highest BCUT2D eigenvalue weighted by atomic mass is 16.2. The number of nitrogens with one attached hydrogen (secondary N) is 1. The van der Waals surface area contributed by atoms with Gasteiger partial charge in [-0.25, -0.2) is 0 Å². The summed E-state index contributed by atoms with van der Waals surface area (Å²) in [4.78, 5) is 14.7. The number of hydrogen-bond donors (Lipinski definition) is 1. The second-order valence-corrected chi connectivity index (χ2v) is 7.20. The Kier molecular flexibility index (Phi) is 5.71. The van der Waals surface area contributed by atoms with Crippen molar-refractivity contribution < 1.29 is 4.79 Å². The van der Waals surface area contributed by atoms with Crippen LogP contribution in [0.2, 0.25) is 0 Å². The molecule has 1 N–H and O–H groups in total. The van der Waals surface area contributed by atoms with E-state index in [2.05, 4.69) is 23.2 Å². The summed E-state index contributed by atoms with van der Waals surface area (Å²) in [6.07, 6.45) is 8.96. The SMILES string of the molecule is CCCCC1CCN(CCCC2C(=O)Nc3ccccc32)CC1. The molecule has 0 saturated carbocycles. The highest BCUT2D eigenvalue weighted by Gasteiger charge is 2.29. The predicted octanol–water partition coefficient (Wildman–Crippen LogP) is 4.40. The first-order chi connectivity index (χ1) is 11.3. The van der Waals surface area contributed by atoms with Gasteiger partial charge in [0.1, 0.15) is 0 Å². The van der Waals surface area contributed by atoms with Gasteiger partial charge in [-0.05, 0) is 62.9 Å². The standard InChI is InChI=1S/C20H30N2O/c1-2-3-7-16-11-14-22(15-12-16)13-6-9-18-17-8-4-5-10-19(17)21-20(18)23/h4-5,8,10,16,18H,2-3,6-7,9,11-15H2,1H3,(H,21,23). The van der Waals surface area contributed by atoms with E-state index >= 15 is 0 Å². The lowest BCUT2D eigenvalue weighted by Gasteiger charge is -2.32. The van der Waals surface area contributed by atoms with Gasteiger partial charge in [-0.15, -0.1) is 0 Å². The maximum atomic E-state index is 12.1. The maximum absolute atomic E-state index is 12.1. The second-order valence-electron chi connectivity index (χ2n) is 7.20. The number of carbonyl (C=O) groups excluding carboxylic acids is 1. The van der Waals surface area contributed by atoms with Gasteiger partial charge in [0.25, 0.3) is 0 Å². The Balaban J connectivity index is 1.40. The second kappa shape index (κ2) is 7.96. The van der Waals surface area contributed by atoms with Gasteiger partial charge in [0.05, 0.1) is 5.92 Å². The van der Waals surface area contributed by atoms with Crippen LogP contribution in [0.25, 0.3) is 0 Å². The first kappa shape index (κ1) is 16.5. The summed E-state index contributed by atoms with van der Waals surface area (Å²) >= 11 is 0. The van der Waals surface area contributed by atoms with Gasteiger partial charge in [-0.3, -0.25) is 4.79 Å². The van der Waals surface area contributed by atoms with Crippen molar-refractivity contribution in [2.45, 2.75) is 57.8 Å². The Hall–Kier alpha value is -1.35. The van der Waals surface area contributed by atoms with E-state index in [1.807, 2.05) is 18.2 Å². The van der Waals surface area contributed by atoms with E-state index in [9.17, 15) is 4.79 Å². The number of fused-ring (bicyclic) bond motifs is 1. The van der Waals surface area contributed by atoms with E-state index in [0.717, 1.165) is 31.0 Å². The normalized spacial score (nSPS) is 22.1. The highest BCUT2D eigenvalue weighted by molar-refractivity contribution is 6.02. The van der Waals surface area contributed by atoms with Crippen LogP contribution < -0.4 is 5.32 Å². The molecule has 23 heavy (non-hydrogen) atoms. The maximum Gasteiger partial charge on any atom is 0.232 e. The number of piperidine rings is 1. The number of likely N-dealkylation sites (tertiary alicyclic amines) is 1. The molecule has 1 amide bonds. The number of hydrogen-bond acceptors (Lipinski definition) is 2. The van der Waals surface area contributed by atoms with E-state index in [1.165, 1.54) is 50.8 Å². The fourth-order valence-corrected chi connectivity index (χ4v) is 4.07. The molecule has 2 heterocycles. The van der Waals surface area contributed by atoms with Crippen LogP contribution in [0.3, 0.4) is 0 Å². The quantitative estimate of drug-likeness (QED) is 0.809. The molecule has 1 aromatic carbocycles. The minimum Gasteiger partial charge on any atom is -0.325 e.